The molecule has 28 heavy (non-hydrogen) atoms. The van der Waals surface area contributed by atoms with Crippen molar-refractivity contribution in [1.29, 1.82) is 0 Å². The molecule has 4 rings (SSSR count). The summed E-state index contributed by atoms with van der Waals surface area (Å²) >= 11 is 0. The highest BCUT2D eigenvalue weighted by molar-refractivity contribution is 6.21. The van der Waals surface area contributed by atoms with Gasteiger partial charge in [-0.3, -0.25) is 9.59 Å². The van der Waals surface area contributed by atoms with Crippen LogP contribution in [0.3, 0.4) is 0 Å². The number of nitrogens with zero attached hydrogens (tertiary/aromatic N) is 1. The number of carbonyl (C=O) groups excluding carboxylic acids is 3. The lowest BCUT2D eigenvalue weighted by Crippen LogP contribution is -2.33. The number of benzene rings is 3. The molecule has 0 bridgehead atoms. The number of imide groups is 1. The van der Waals surface area contributed by atoms with Crippen LogP contribution in [0.25, 0.3) is 0 Å². The first-order chi connectivity index (χ1) is 13.6. The van der Waals surface area contributed by atoms with E-state index < -0.39 is 24.5 Å². The first-order valence-electron chi connectivity index (χ1n) is 8.59. The van der Waals surface area contributed by atoms with Gasteiger partial charge in [0, 0.05) is 0 Å². The summed E-state index contributed by atoms with van der Waals surface area (Å²) in [5, 5.41) is 0. The third kappa shape index (κ3) is 3.35. The van der Waals surface area contributed by atoms with Crippen LogP contribution in [0.4, 0.5) is 0 Å². The zero-order valence-corrected chi connectivity index (χ0v) is 14.7. The number of hydrogen-bond donors (Lipinski definition) is 0. The van der Waals surface area contributed by atoms with Crippen molar-refractivity contribution >= 4 is 17.8 Å². The van der Waals surface area contributed by atoms with Gasteiger partial charge in [0.25, 0.3) is 11.8 Å². The van der Waals surface area contributed by atoms with Gasteiger partial charge in [-0.05, 0) is 48.5 Å². The van der Waals surface area contributed by atoms with Crippen LogP contribution in [0.1, 0.15) is 31.1 Å². The molecule has 0 atom stereocenters. The van der Waals surface area contributed by atoms with Crippen molar-refractivity contribution in [2.75, 3.05) is 6.73 Å². The normalized spacial score (nSPS) is 12.6. The van der Waals surface area contributed by atoms with Gasteiger partial charge in [-0.15, -0.1) is 0 Å². The van der Waals surface area contributed by atoms with Crippen LogP contribution in [0.2, 0.25) is 0 Å². The number of amides is 2. The summed E-state index contributed by atoms with van der Waals surface area (Å²) in [5.74, 6) is -0.325. The lowest BCUT2D eigenvalue weighted by molar-refractivity contribution is 0.0228. The number of carbonyl (C=O) groups is 3. The average Bonchev–Trinajstić information content (AvgIpc) is 2.98. The monoisotopic (exact) mass is 373 g/mol. The Labute approximate surface area is 160 Å². The molecule has 0 radical (unpaired) electrons. The molecule has 2 amide bonds. The molecule has 6 nitrogen and oxygen atoms in total. The molecular weight excluding hydrogens is 358 g/mol. The SMILES string of the molecule is O=C(OCN1C(=O)c2ccccc2C1=O)c1ccc(Oc2ccccc2)cc1. The molecule has 3 aromatic carbocycles. The minimum atomic E-state index is -0.636. The van der Waals surface area contributed by atoms with Gasteiger partial charge in [0.1, 0.15) is 11.5 Å². The minimum absolute atomic E-state index is 0.289. The van der Waals surface area contributed by atoms with Gasteiger partial charge < -0.3 is 9.47 Å². The van der Waals surface area contributed by atoms with Crippen LogP contribution < -0.4 is 4.74 Å². The van der Waals surface area contributed by atoms with E-state index >= 15 is 0 Å². The fourth-order valence-corrected chi connectivity index (χ4v) is 2.85. The second-order valence-electron chi connectivity index (χ2n) is 6.08. The number of rotatable bonds is 5. The summed E-state index contributed by atoms with van der Waals surface area (Å²) in [6.45, 7) is -0.437. The number of para-hydroxylation sites is 1. The number of hydrogen-bond acceptors (Lipinski definition) is 5. The summed E-state index contributed by atoms with van der Waals surface area (Å²) in [4.78, 5) is 37.7. The highest BCUT2D eigenvalue weighted by Crippen LogP contribution is 2.23. The fraction of sp³-hybridized carbons (Fsp3) is 0.0455. The lowest BCUT2D eigenvalue weighted by Gasteiger charge is -2.14. The van der Waals surface area contributed by atoms with E-state index in [0.29, 0.717) is 22.6 Å². The predicted octanol–water partition coefficient (Wildman–Crippen LogP) is 3.89. The summed E-state index contributed by atoms with van der Waals surface area (Å²) in [7, 11) is 0. The zero-order chi connectivity index (χ0) is 19.5. The van der Waals surface area contributed by atoms with Gasteiger partial charge in [-0.25, -0.2) is 9.69 Å². The van der Waals surface area contributed by atoms with Crippen molar-refractivity contribution in [3.05, 3.63) is 95.6 Å². The van der Waals surface area contributed by atoms with Crippen molar-refractivity contribution in [3.8, 4) is 11.5 Å². The Kier molecular flexibility index (Phi) is 4.60. The Morgan fingerprint density at radius 3 is 1.86 bits per heavy atom. The zero-order valence-electron chi connectivity index (χ0n) is 14.7. The van der Waals surface area contributed by atoms with E-state index in [-0.39, 0.29) is 5.56 Å². The van der Waals surface area contributed by atoms with Crippen molar-refractivity contribution in [3.63, 3.8) is 0 Å². The Morgan fingerprint density at radius 2 is 1.25 bits per heavy atom. The van der Waals surface area contributed by atoms with Gasteiger partial charge >= 0.3 is 5.97 Å². The van der Waals surface area contributed by atoms with Gasteiger partial charge in [-0.1, -0.05) is 30.3 Å². The smallest absolute Gasteiger partial charge is 0.339 e. The van der Waals surface area contributed by atoms with Gasteiger partial charge in [0.2, 0.25) is 0 Å². The quantitative estimate of drug-likeness (QED) is 0.501. The topological polar surface area (TPSA) is 72.9 Å². The van der Waals surface area contributed by atoms with E-state index in [1.807, 2.05) is 30.3 Å². The molecule has 0 fully saturated rings. The standard InChI is InChI=1S/C22H15NO5/c24-20-18-8-4-5-9-19(18)21(25)23(20)14-27-22(26)15-10-12-17(13-11-15)28-16-6-2-1-3-7-16/h1-13H,14H2. The first-order valence-corrected chi connectivity index (χ1v) is 8.59. The third-order valence-corrected chi connectivity index (χ3v) is 4.27. The first kappa shape index (κ1) is 17.5. The Balaban J connectivity index is 1.38. The summed E-state index contributed by atoms with van der Waals surface area (Å²) in [6.07, 6.45) is 0. The molecule has 3 aromatic rings. The largest absolute Gasteiger partial charge is 0.457 e. The minimum Gasteiger partial charge on any atom is -0.457 e. The highest BCUT2D eigenvalue weighted by Gasteiger charge is 2.35. The highest BCUT2D eigenvalue weighted by atomic mass is 16.5. The molecule has 0 aliphatic carbocycles. The molecule has 0 N–H and O–H groups in total. The molecule has 0 aromatic heterocycles. The van der Waals surface area contributed by atoms with Crippen LogP contribution in [0.5, 0.6) is 11.5 Å². The van der Waals surface area contributed by atoms with Crippen molar-refractivity contribution in [2.45, 2.75) is 0 Å². The van der Waals surface area contributed by atoms with Crippen LogP contribution in [0.15, 0.2) is 78.9 Å². The van der Waals surface area contributed by atoms with E-state index in [4.69, 9.17) is 9.47 Å². The fourth-order valence-electron chi connectivity index (χ4n) is 2.85. The van der Waals surface area contributed by atoms with Gasteiger partial charge in [0.05, 0.1) is 16.7 Å². The van der Waals surface area contributed by atoms with Crippen LogP contribution in [0, 0.1) is 0 Å². The maximum atomic E-state index is 12.3. The maximum Gasteiger partial charge on any atom is 0.339 e. The summed E-state index contributed by atoms with van der Waals surface area (Å²) in [6, 6.07) is 22.2. The van der Waals surface area contributed by atoms with Crippen molar-refractivity contribution < 1.29 is 23.9 Å². The molecule has 0 saturated heterocycles. The number of ether oxygens (including phenoxy) is 2. The van der Waals surface area contributed by atoms with Crippen molar-refractivity contribution in [2.24, 2.45) is 0 Å². The molecule has 0 saturated carbocycles. The molecule has 1 aliphatic heterocycles. The van der Waals surface area contributed by atoms with Crippen LogP contribution in [-0.2, 0) is 4.74 Å². The molecule has 138 valence electrons. The molecule has 1 heterocycles. The van der Waals surface area contributed by atoms with E-state index in [9.17, 15) is 14.4 Å². The van der Waals surface area contributed by atoms with E-state index in [0.717, 1.165) is 4.90 Å². The summed E-state index contributed by atoms with van der Waals surface area (Å²) in [5.41, 5.74) is 0.911. The predicted molar refractivity (Wildman–Crippen MR) is 100 cm³/mol. The average molecular weight is 373 g/mol. The van der Waals surface area contributed by atoms with E-state index in [1.165, 1.54) is 0 Å². The van der Waals surface area contributed by atoms with Gasteiger partial charge in [0.15, 0.2) is 6.73 Å². The Morgan fingerprint density at radius 1 is 0.714 bits per heavy atom. The Bertz CT molecular complexity index is 1010. The molecule has 0 spiro atoms. The van der Waals surface area contributed by atoms with Crippen molar-refractivity contribution in [1.82, 2.24) is 4.90 Å². The number of esters is 1. The third-order valence-electron chi connectivity index (χ3n) is 4.27. The van der Waals surface area contributed by atoms with Crippen LogP contribution >= 0.6 is 0 Å². The molecule has 1 aliphatic rings. The number of fused-ring (bicyclic) bond motifs is 1. The molecule has 6 heteroatoms. The Hall–Kier alpha value is -3.93. The maximum absolute atomic E-state index is 12.3. The van der Waals surface area contributed by atoms with E-state index in [2.05, 4.69) is 0 Å². The van der Waals surface area contributed by atoms with Gasteiger partial charge in [-0.2, -0.15) is 0 Å². The summed E-state index contributed by atoms with van der Waals surface area (Å²) < 4.78 is 10.8. The molecular formula is C22H15NO5. The molecule has 0 unspecified atom stereocenters. The van der Waals surface area contributed by atoms with E-state index in [1.54, 1.807) is 48.5 Å². The second kappa shape index (κ2) is 7.36. The van der Waals surface area contributed by atoms with Crippen LogP contribution in [-0.4, -0.2) is 29.4 Å². The lowest BCUT2D eigenvalue weighted by atomic mass is 10.1. The second-order valence-corrected chi connectivity index (χ2v) is 6.08.